The van der Waals surface area contributed by atoms with Crippen LogP contribution in [0.2, 0.25) is 0 Å². The number of hydrogen-bond donors (Lipinski definition) is 1. The molecule has 2 aliphatic carbocycles. The molecule has 0 bridgehead atoms. The van der Waals surface area contributed by atoms with Crippen molar-refractivity contribution in [2.45, 2.75) is 34.1 Å². The van der Waals surface area contributed by atoms with Crippen LogP contribution < -0.4 is 5.32 Å². The Morgan fingerprint density at radius 3 is 2.58 bits per heavy atom. The Balaban J connectivity index is 2.52. The number of rotatable bonds is 5. The van der Waals surface area contributed by atoms with Crippen molar-refractivity contribution in [1.29, 1.82) is 0 Å². The van der Waals surface area contributed by atoms with E-state index in [0.717, 1.165) is 35.1 Å². The second-order valence-corrected chi connectivity index (χ2v) is 7.51. The molecule has 0 saturated carbocycles. The SMILES string of the molecule is CC\N=C/N=C1/C=C(NC(C)=O)\C=C/C=C/C=C/C(C2CC=C(C=O)C=C2C)=C\C1C. The predicted molar refractivity (Wildman–Crippen MR) is 129 cm³/mol. The molecular formula is C26H31N3O2. The minimum absolute atomic E-state index is 0.0206. The Morgan fingerprint density at radius 1 is 1.19 bits per heavy atom. The number of nitrogens with zero attached hydrogens (tertiary/aromatic N) is 2. The number of aliphatic imine (C=N–C) groups is 2. The maximum Gasteiger partial charge on any atom is 0.221 e. The van der Waals surface area contributed by atoms with Gasteiger partial charge in [-0.2, -0.15) is 0 Å². The molecule has 0 aliphatic heterocycles. The van der Waals surface area contributed by atoms with E-state index in [1.54, 1.807) is 6.34 Å². The van der Waals surface area contributed by atoms with Gasteiger partial charge in [0.15, 0.2) is 0 Å². The Morgan fingerprint density at radius 2 is 1.94 bits per heavy atom. The first-order valence-corrected chi connectivity index (χ1v) is 10.6. The number of carbonyl (C=O) groups is 2. The minimum Gasteiger partial charge on any atom is -0.326 e. The molecule has 1 amide bonds. The quantitative estimate of drug-likeness (QED) is 0.395. The molecule has 2 aliphatic rings. The van der Waals surface area contributed by atoms with Crippen LogP contribution in [0.15, 0.2) is 93.2 Å². The lowest BCUT2D eigenvalue weighted by Crippen LogP contribution is -2.20. The van der Waals surface area contributed by atoms with Crippen LogP contribution in [0, 0.1) is 11.8 Å². The fourth-order valence-electron chi connectivity index (χ4n) is 3.42. The molecule has 0 fully saturated rings. The van der Waals surface area contributed by atoms with Gasteiger partial charge in [-0.15, -0.1) is 0 Å². The highest BCUT2D eigenvalue weighted by molar-refractivity contribution is 6.02. The molecule has 2 rings (SSSR count). The summed E-state index contributed by atoms with van der Waals surface area (Å²) in [5.41, 5.74) is 4.50. The molecule has 0 aromatic carbocycles. The normalized spacial score (nSPS) is 29.9. The van der Waals surface area contributed by atoms with Gasteiger partial charge in [-0.05, 0) is 38.0 Å². The van der Waals surface area contributed by atoms with E-state index in [4.69, 9.17) is 0 Å². The van der Waals surface area contributed by atoms with Crippen molar-refractivity contribution in [3.63, 3.8) is 0 Å². The van der Waals surface area contributed by atoms with Gasteiger partial charge in [0.1, 0.15) is 12.6 Å². The van der Waals surface area contributed by atoms with E-state index < -0.39 is 0 Å². The van der Waals surface area contributed by atoms with E-state index in [1.807, 2.05) is 55.5 Å². The maximum atomic E-state index is 11.7. The molecule has 31 heavy (non-hydrogen) atoms. The topological polar surface area (TPSA) is 70.9 Å². The first-order valence-electron chi connectivity index (χ1n) is 10.6. The zero-order valence-corrected chi connectivity index (χ0v) is 18.7. The summed E-state index contributed by atoms with van der Waals surface area (Å²) in [6.45, 7) is 8.23. The molecule has 1 N–H and O–H groups in total. The molecular weight excluding hydrogens is 386 g/mol. The van der Waals surface area contributed by atoms with Crippen molar-refractivity contribution in [3.05, 3.63) is 83.2 Å². The largest absolute Gasteiger partial charge is 0.326 e. The van der Waals surface area contributed by atoms with Crippen molar-refractivity contribution in [2.75, 3.05) is 6.54 Å². The second-order valence-electron chi connectivity index (χ2n) is 7.51. The van der Waals surface area contributed by atoms with E-state index in [1.165, 1.54) is 6.92 Å². The average Bonchev–Trinajstić information content (AvgIpc) is 2.73. The second kappa shape index (κ2) is 12.4. The summed E-state index contributed by atoms with van der Waals surface area (Å²) in [6.07, 6.45) is 23.0. The lowest BCUT2D eigenvalue weighted by Gasteiger charge is -2.23. The fraction of sp³-hybridized carbons (Fsp3) is 0.308. The van der Waals surface area contributed by atoms with Gasteiger partial charge in [-0.1, -0.05) is 61.1 Å². The predicted octanol–water partition coefficient (Wildman–Crippen LogP) is 4.83. The van der Waals surface area contributed by atoms with Crippen molar-refractivity contribution in [2.24, 2.45) is 21.8 Å². The zero-order valence-electron chi connectivity index (χ0n) is 18.7. The van der Waals surface area contributed by atoms with E-state index in [9.17, 15) is 9.59 Å². The molecule has 2 atom stereocenters. The summed E-state index contributed by atoms with van der Waals surface area (Å²) in [5.74, 6) is 0.0319. The number of carbonyl (C=O) groups excluding carboxylic acids is 2. The summed E-state index contributed by atoms with van der Waals surface area (Å²) in [5, 5.41) is 2.86. The average molecular weight is 418 g/mol. The molecule has 5 nitrogen and oxygen atoms in total. The van der Waals surface area contributed by atoms with Gasteiger partial charge in [-0.3, -0.25) is 14.6 Å². The third-order valence-corrected chi connectivity index (χ3v) is 4.97. The summed E-state index contributed by atoms with van der Waals surface area (Å²) in [4.78, 5) is 31.6. The molecule has 0 aromatic rings. The van der Waals surface area contributed by atoms with Gasteiger partial charge in [0.05, 0.1) is 5.71 Å². The zero-order chi connectivity index (χ0) is 22.6. The van der Waals surface area contributed by atoms with Crippen LogP contribution in [-0.2, 0) is 9.59 Å². The van der Waals surface area contributed by atoms with Gasteiger partial charge >= 0.3 is 0 Å². The van der Waals surface area contributed by atoms with E-state index in [0.29, 0.717) is 12.2 Å². The van der Waals surface area contributed by atoms with Crippen molar-refractivity contribution in [1.82, 2.24) is 5.32 Å². The Labute approximate surface area is 185 Å². The van der Waals surface area contributed by atoms with Crippen LogP contribution >= 0.6 is 0 Å². The number of hydrogen-bond acceptors (Lipinski definition) is 3. The number of nitrogens with one attached hydrogen (secondary N) is 1. The molecule has 0 spiro atoms. The van der Waals surface area contributed by atoms with Crippen LogP contribution in [0.25, 0.3) is 0 Å². The molecule has 0 radical (unpaired) electrons. The number of amides is 1. The molecule has 0 heterocycles. The highest BCUT2D eigenvalue weighted by atomic mass is 16.1. The van der Waals surface area contributed by atoms with Crippen molar-refractivity contribution in [3.8, 4) is 0 Å². The van der Waals surface area contributed by atoms with Crippen LogP contribution in [0.4, 0.5) is 0 Å². The monoisotopic (exact) mass is 417 g/mol. The Bertz CT molecular complexity index is 953. The molecule has 0 saturated heterocycles. The lowest BCUT2D eigenvalue weighted by atomic mass is 9.82. The molecule has 5 heteroatoms. The van der Waals surface area contributed by atoms with Gasteiger partial charge in [0.2, 0.25) is 5.91 Å². The fourth-order valence-corrected chi connectivity index (χ4v) is 3.42. The number of aldehydes is 1. The minimum atomic E-state index is -0.141. The van der Waals surface area contributed by atoms with Crippen LogP contribution in [0.5, 0.6) is 0 Å². The summed E-state index contributed by atoms with van der Waals surface area (Å²) < 4.78 is 0. The summed E-state index contributed by atoms with van der Waals surface area (Å²) >= 11 is 0. The Hall–Kier alpha value is -3.34. The standard InChI is InChI=1S/C26H31N3O2/c1-5-27-18-28-26-16-24(29-21(4)31)11-9-7-6-8-10-23(15-20(26)3)25-13-12-22(17-30)14-19(25)2/h6-12,14-18,20,25H,5,13H2,1-4H3,(H,29,31)/b7-6+,10-8+,11-9-,23-15+,24-16+,27-18-,28-26-. The summed E-state index contributed by atoms with van der Waals surface area (Å²) in [7, 11) is 0. The van der Waals surface area contributed by atoms with Crippen LogP contribution in [-0.4, -0.2) is 30.8 Å². The highest BCUT2D eigenvalue weighted by Crippen LogP contribution is 2.31. The first kappa shape index (κ1) is 23.9. The van der Waals surface area contributed by atoms with E-state index in [-0.39, 0.29) is 17.7 Å². The van der Waals surface area contributed by atoms with Gasteiger partial charge in [-0.25, -0.2) is 4.99 Å². The van der Waals surface area contributed by atoms with Crippen molar-refractivity contribution < 1.29 is 9.59 Å². The van der Waals surface area contributed by atoms with Gasteiger partial charge in [0.25, 0.3) is 0 Å². The van der Waals surface area contributed by atoms with Gasteiger partial charge in [0, 0.05) is 36.6 Å². The molecule has 2 unspecified atom stereocenters. The molecule has 162 valence electrons. The van der Waals surface area contributed by atoms with E-state index in [2.05, 4.69) is 41.3 Å². The van der Waals surface area contributed by atoms with Gasteiger partial charge < -0.3 is 5.32 Å². The highest BCUT2D eigenvalue weighted by Gasteiger charge is 2.19. The smallest absolute Gasteiger partial charge is 0.221 e. The van der Waals surface area contributed by atoms with Crippen LogP contribution in [0.3, 0.4) is 0 Å². The molecule has 0 aromatic heterocycles. The third-order valence-electron chi connectivity index (χ3n) is 4.97. The maximum absolute atomic E-state index is 11.7. The van der Waals surface area contributed by atoms with Crippen LogP contribution in [0.1, 0.15) is 34.1 Å². The van der Waals surface area contributed by atoms with E-state index >= 15 is 0 Å². The third kappa shape index (κ3) is 7.78. The number of allylic oxidation sites excluding steroid dienone is 13. The summed E-state index contributed by atoms with van der Waals surface area (Å²) in [6, 6.07) is 0. The lowest BCUT2D eigenvalue weighted by molar-refractivity contribution is -0.118. The first-order chi connectivity index (χ1) is 14.9. The Kier molecular flexibility index (Phi) is 9.56. The van der Waals surface area contributed by atoms with Crippen molar-refractivity contribution >= 4 is 24.2 Å².